The highest BCUT2D eigenvalue weighted by Gasteiger charge is 2.24. The predicted octanol–water partition coefficient (Wildman–Crippen LogP) is 5.30. The zero-order valence-corrected chi connectivity index (χ0v) is 31.1. The molecular weight excluding hydrogens is 794 g/mol. The summed E-state index contributed by atoms with van der Waals surface area (Å²) in [6, 6.07) is 0. The van der Waals surface area contributed by atoms with Crippen LogP contribution in [0.2, 0.25) is 0 Å². The summed E-state index contributed by atoms with van der Waals surface area (Å²) in [5, 5.41) is 0. The quantitative estimate of drug-likeness (QED) is 0.0674. The molecule has 0 atom stereocenters. The molecule has 0 unspecified atom stereocenters. The molecule has 0 aromatic heterocycles. The molecule has 0 rings (SSSR count). The Morgan fingerprint density at radius 2 is 0.426 bits per heavy atom. The maximum atomic E-state index is 10.4. The monoisotopic (exact) mass is 842 g/mol. The van der Waals surface area contributed by atoms with Crippen molar-refractivity contribution in [2.24, 2.45) is 0 Å². The van der Waals surface area contributed by atoms with E-state index >= 15 is 0 Å². The Hall–Kier alpha value is 0.440. The second kappa shape index (κ2) is 32.4. The summed E-state index contributed by atoms with van der Waals surface area (Å²) in [5.74, 6) is 0. The number of unbranched alkanes of at least 4 members (excludes halogenated alkanes) is 4. The highest BCUT2D eigenvalue weighted by atomic mass is 31.2. The summed E-state index contributed by atoms with van der Waals surface area (Å²) < 4.78 is 116. The maximum absolute atomic E-state index is 10.4. The Kier molecular flexibility index (Phi) is 43.1. The van der Waals surface area contributed by atoms with Crippen LogP contribution in [-0.2, 0) is 27.4 Å². The van der Waals surface area contributed by atoms with Gasteiger partial charge in [-0.15, -0.1) is 25.2 Å². The van der Waals surface area contributed by atoms with Crippen molar-refractivity contribution in [1.29, 1.82) is 0 Å². The van der Waals surface area contributed by atoms with Crippen molar-refractivity contribution in [1.82, 2.24) is 0 Å². The molecule has 0 fully saturated rings. The highest BCUT2D eigenvalue weighted by Crippen LogP contribution is 2.37. The number of quaternary nitrogens is 1. The van der Waals surface area contributed by atoms with E-state index in [1.54, 1.807) is 0 Å². The first kappa shape index (κ1) is 62.6. The van der Waals surface area contributed by atoms with Crippen LogP contribution in [0, 0.1) is 0 Å². The van der Waals surface area contributed by atoms with Crippen LogP contribution in [0.1, 0.15) is 79.1 Å². The van der Waals surface area contributed by atoms with Gasteiger partial charge in [0, 0.05) is 0 Å². The Morgan fingerprint density at radius 3 is 0.489 bits per heavy atom. The van der Waals surface area contributed by atoms with Gasteiger partial charge in [-0.2, -0.15) is 0 Å². The van der Waals surface area contributed by atoms with Crippen molar-refractivity contribution in [2.45, 2.75) is 79.1 Å². The third kappa shape index (κ3) is 220. The molecule has 0 bridgehead atoms. The van der Waals surface area contributed by atoms with Crippen molar-refractivity contribution in [3.05, 3.63) is 0 Å². The third-order valence-electron chi connectivity index (χ3n) is 3.94. The fourth-order valence-corrected chi connectivity index (χ4v) is 2.64. The zero-order chi connectivity index (χ0) is 40.0. The SMILES string of the molecule is CCCC[N+](CCCC)(CCCC)CCCC.O=P(O)(O)F.O=P(O)(O)F.O=P(O)(O)F.O=P(O)(O)F.O=P(O)(O)F.O=P(O)(O)F. The fraction of sp³-hybridized carbons (Fsp3) is 1.00. The van der Waals surface area contributed by atoms with Gasteiger partial charge in [-0.3, -0.25) is 58.7 Å². The fourth-order valence-electron chi connectivity index (χ4n) is 2.64. The molecular formula is C16H48F6NO18P6+. The van der Waals surface area contributed by atoms with Gasteiger partial charge in [-0.1, -0.05) is 53.4 Å². The van der Waals surface area contributed by atoms with Crippen LogP contribution in [0.15, 0.2) is 0 Å². The molecule has 0 aliphatic carbocycles. The summed E-state index contributed by atoms with van der Waals surface area (Å²) >= 11 is 0. The molecule has 31 heteroatoms. The first-order valence-electron chi connectivity index (χ1n) is 12.6. The lowest BCUT2D eigenvalue weighted by atomic mass is 10.1. The van der Waals surface area contributed by atoms with Crippen LogP contribution in [0.5, 0.6) is 0 Å². The second-order valence-corrected chi connectivity index (χ2v) is 14.2. The lowest BCUT2D eigenvalue weighted by Crippen LogP contribution is -2.50. The standard InChI is InChI=1S/C16H36N.6FH2O3P/c1-5-9-13-17(14-10-6-2,15-11-7-3)16-12-8-4;6*1-5(2,3)4/h5-16H2,1-4H3;6*(H2,2,3,4)/q+1;;;;;;. The van der Waals surface area contributed by atoms with Gasteiger partial charge in [-0.25, -0.2) is 27.4 Å². The van der Waals surface area contributed by atoms with Crippen LogP contribution >= 0.6 is 47.4 Å². The smallest absolute Gasteiger partial charge is 0.324 e. The summed E-state index contributed by atoms with van der Waals surface area (Å²) in [7, 11) is -30.8. The molecule has 0 saturated carbocycles. The largest absolute Gasteiger partial charge is 0.507 e. The van der Waals surface area contributed by atoms with E-state index in [1.807, 2.05) is 0 Å². The van der Waals surface area contributed by atoms with Crippen LogP contribution in [-0.4, -0.2) is 89.4 Å². The molecule has 0 aliphatic heterocycles. The van der Waals surface area contributed by atoms with Crippen LogP contribution in [0.4, 0.5) is 25.2 Å². The summed E-state index contributed by atoms with van der Waals surface area (Å²) in [6.07, 6.45) is 11.1. The van der Waals surface area contributed by atoms with Gasteiger partial charge in [0.05, 0.1) is 26.2 Å². The van der Waals surface area contributed by atoms with Crippen molar-refractivity contribution < 1.29 is 116 Å². The van der Waals surface area contributed by atoms with Gasteiger partial charge in [0.2, 0.25) is 0 Å². The molecule has 0 radical (unpaired) electrons. The molecule has 19 nitrogen and oxygen atoms in total. The molecule has 296 valence electrons. The number of hydrogen-bond donors (Lipinski definition) is 12. The minimum absolute atomic E-state index is 1.35. The zero-order valence-electron chi connectivity index (χ0n) is 25.7. The van der Waals surface area contributed by atoms with Crippen molar-refractivity contribution in [2.75, 3.05) is 26.2 Å². The molecule has 0 aliphatic rings. The average Bonchev–Trinajstić information content (AvgIpc) is 2.71. The minimum atomic E-state index is -5.14. The summed E-state index contributed by atoms with van der Waals surface area (Å²) in [6.45, 7) is 15.0. The number of nitrogens with zero attached hydrogens (tertiary/aromatic N) is 1. The normalized spacial score (nSPS) is 11.9. The topological polar surface area (TPSA) is 345 Å². The average molecular weight is 842 g/mol. The van der Waals surface area contributed by atoms with E-state index in [1.165, 1.54) is 82.0 Å². The van der Waals surface area contributed by atoms with E-state index in [2.05, 4.69) is 27.7 Å². The Bertz CT molecular complexity index is 755. The van der Waals surface area contributed by atoms with E-state index in [4.69, 9.17) is 86.1 Å². The van der Waals surface area contributed by atoms with E-state index < -0.39 is 47.4 Å². The van der Waals surface area contributed by atoms with Crippen LogP contribution in [0.25, 0.3) is 0 Å². The summed E-state index contributed by atoms with van der Waals surface area (Å²) in [5.41, 5.74) is 0. The second-order valence-electron chi connectivity index (χ2n) is 8.49. The Balaban J connectivity index is -0.0000000884. The molecule has 0 amide bonds. The van der Waals surface area contributed by atoms with E-state index in [0.29, 0.717) is 0 Å². The maximum Gasteiger partial charge on any atom is 0.507 e. The number of rotatable bonds is 12. The predicted molar refractivity (Wildman–Crippen MR) is 158 cm³/mol. The highest BCUT2D eigenvalue weighted by molar-refractivity contribution is 7.46. The van der Waals surface area contributed by atoms with E-state index in [0.717, 1.165) is 0 Å². The van der Waals surface area contributed by atoms with E-state index in [-0.39, 0.29) is 0 Å². The first-order chi connectivity index (χ1) is 20.2. The number of hydrogen-bond acceptors (Lipinski definition) is 6. The molecule has 0 aromatic rings. The lowest BCUT2D eigenvalue weighted by molar-refractivity contribution is -0.929. The van der Waals surface area contributed by atoms with Gasteiger partial charge >= 0.3 is 47.4 Å². The summed E-state index contributed by atoms with van der Waals surface area (Å²) in [4.78, 5) is 83.6. The van der Waals surface area contributed by atoms with Gasteiger partial charge in [0.15, 0.2) is 0 Å². The van der Waals surface area contributed by atoms with Crippen LogP contribution < -0.4 is 0 Å². The first-order valence-corrected chi connectivity index (χ1v) is 21.6. The molecule has 0 aromatic carbocycles. The Labute approximate surface area is 268 Å². The molecule has 0 saturated heterocycles. The van der Waals surface area contributed by atoms with Crippen molar-refractivity contribution in [3.8, 4) is 0 Å². The van der Waals surface area contributed by atoms with Gasteiger partial charge in [0.25, 0.3) is 0 Å². The van der Waals surface area contributed by atoms with Crippen molar-refractivity contribution in [3.63, 3.8) is 0 Å². The van der Waals surface area contributed by atoms with Crippen LogP contribution in [0.3, 0.4) is 0 Å². The third-order valence-corrected chi connectivity index (χ3v) is 3.94. The molecule has 12 N–H and O–H groups in total. The van der Waals surface area contributed by atoms with Crippen molar-refractivity contribution >= 4 is 47.4 Å². The molecule has 0 heterocycles. The number of halogens is 6. The molecule has 0 spiro atoms. The van der Waals surface area contributed by atoms with Gasteiger partial charge in [0.1, 0.15) is 0 Å². The minimum Gasteiger partial charge on any atom is -0.324 e. The van der Waals surface area contributed by atoms with Gasteiger partial charge in [-0.05, 0) is 25.7 Å². The molecule has 47 heavy (non-hydrogen) atoms. The lowest BCUT2D eigenvalue weighted by Gasteiger charge is -2.39. The Morgan fingerprint density at radius 1 is 0.340 bits per heavy atom. The van der Waals surface area contributed by atoms with Gasteiger partial charge < -0.3 is 4.48 Å². The van der Waals surface area contributed by atoms with E-state index in [9.17, 15) is 25.2 Å².